The van der Waals surface area contributed by atoms with Gasteiger partial charge in [0, 0.05) is 36.0 Å². The van der Waals surface area contributed by atoms with E-state index in [2.05, 4.69) is 23.1 Å². The molecule has 0 radical (unpaired) electrons. The number of carbonyl (C=O) groups excluding carboxylic acids is 1. The van der Waals surface area contributed by atoms with Crippen molar-refractivity contribution in [2.75, 3.05) is 11.9 Å². The highest BCUT2D eigenvalue weighted by atomic mass is 16.6. The first-order valence-corrected chi connectivity index (χ1v) is 12.6. The smallest absolute Gasteiger partial charge is 0.308 e. The van der Waals surface area contributed by atoms with E-state index in [4.69, 9.17) is 9.72 Å². The van der Waals surface area contributed by atoms with Crippen molar-refractivity contribution in [2.24, 2.45) is 0 Å². The van der Waals surface area contributed by atoms with E-state index in [1.165, 1.54) is 0 Å². The summed E-state index contributed by atoms with van der Waals surface area (Å²) < 4.78 is 5.28. The molecule has 0 saturated heterocycles. The molecule has 1 heterocycles. The highest BCUT2D eigenvalue weighted by Crippen LogP contribution is 2.46. The van der Waals surface area contributed by atoms with E-state index in [0.717, 1.165) is 46.4 Å². The number of aliphatic hydroxyl groups excluding tert-OH is 2. The molecule has 6 nitrogen and oxygen atoms in total. The van der Waals surface area contributed by atoms with Crippen LogP contribution in [0.4, 0.5) is 11.4 Å². The van der Waals surface area contributed by atoms with E-state index >= 15 is 0 Å². The zero-order valence-electron chi connectivity index (χ0n) is 21.5. The van der Waals surface area contributed by atoms with E-state index < -0.39 is 23.8 Å². The first kappa shape index (κ1) is 25.9. The molecule has 0 aliphatic heterocycles. The molecule has 0 unspecified atom stereocenters. The molecule has 36 heavy (non-hydrogen) atoms. The molecule has 1 fully saturated rings. The number of rotatable bonds is 9. The fourth-order valence-corrected chi connectivity index (χ4v) is 4.43. The number of ether oxygens (including phenoxy) is 1. The molecule has 0 bridgehead atoms. The molecule has 2 atom stereocenters. The molecule has 0 spiro atoms. The summed E-state index contributed by atoms with van der Waals surface area (Å²) in [4.78, 5) is 19.2. The molecule has 6 heteroatoms. The maximum atomic E-state index is 12.0. The van der Waals surface area contributed by atoms with E-state index in [9.17, 15) is 15.0 Å². The Morgan fingerprint density at radius 3 is 2.44 bits per heavy atom. The zero-order valence-corrected chi connectivity index (χ0v) is 21.5. The number of carbonyl (C=O) groups is 1. The number of benzene rings is 2. The summed E-state index contributed by atoms with van der Waals surface area (Å²) >= 11 is 0. The molecule has 0 amide bonds. The number of para-hydroxylation sites is 2. The van der Waals surface area contributed by atoms with E-state index in [1.807, 2.05) is 49.5 Å². The van der Waals surface area contributed by atoms with Crippen LogP contribution in [-0.2, 0) is 9.53 Å². The second kappa shape index (κ2) is 10.8. The summed E-state index contributed by atoms with van der Waals surface area (Å²) in [5.41, 5.74) is 4.43. The summed E-state index contributed by atoms with van der Waals surface area (Å²) in [6, 6.07) is 18.3. The molecule has 1 aliphatic carbocycles. The first-order chi connectivity index (χ1) is 17.1. The van der Waals surface area contributed by atoms with Gasteiger partial charge in [-0.25, -0.2) is 0 Å². The molecule has 190 valence electrons. The van der Waals surface area contributed by atoms with Crippen LogP contribution in [0.2, 0.25) is 0 Å². The number of fused-ring (bicyclic) bond motifs is 1. The fraction of sp³-hybridized carbons (Fsp3) is 0.400. The van der Waals surface area contributed by atoms with Crippen molar-refractivity contribution in [3.8, 4) is 0 Å². The van der Waals surface area contributed by atoms with Crippen molar-refractivity contribution in [3.05, 3.63) is 71.9 Å². The van der Waals surface area contributed by atoms with Crippen LogP contribution < -0.4 is 4.90 Å². The largest absolute Gasteiger partial charge is 0.460 e. The van der Waals surface area contributed by atoms with Gasteiger partial charge in [0.25, 0.3) is 0 Å². The van der Waals surface area contributed by atoms with Gasteiger partial charge in [0.1, 0.15) is 5.60 Å². The Balaban J connectivity index is 1.64. The fourth-order valence-electron chi connectivity index (χ4n) is 4.43. The van der Waals surface area contributed by atoms with E-state index in [1.54, 1.807) is 26.8 Å². The molecule has 4 rings (SSSR count). The van der Waals surface area contributed by atoms with Crippen LogP contribution >= 0.6 is 0 Å². The number of aliphatic hydroxyl groups is 2. The monoisotopic (exact) mass is 488 g/mol. The number of esters is 1. The third-order valence-electron chi connectivity index (χ3n) is 6.20. The van der Waals surface area contributed by atoms with E-state index in [-0.39, 0.29) is 12.8 Å². The van der Waals surface area contributed by atoms with Gasteiger partial charge in [-0.2, -0.15) is 0 Å². The Kier molecular flexibility index (Phi) is 7.76. The molecule has 1 aliphatic rings. The van der Waals surface area contributed by atoms with Crippen LogP contribution in [-0.4, -0.2) is 46.0 Å². The lowest BCUT2D eigenvalue weighted by Crippen LogP contribution is -2.27. The summed E-state index contributed by atoms with van der Waals surface area (Å²) in [7, 11) is 2.05. The van der Waals surface area contributed by atoms with Gasteiger partial charge >= 0.3 is 5.97 Å². The number of pyridine rings is 1. The van der Waals surface area contributed by atoms with Gasteiger partial charge in [0.15, 0.2) is 0 Å². The van der Waals surface area contributed by atoms with Crippen LogP contribution in [0.1, 0.15) is 63.6 Å². The number of hydrogen-bond donors (Lipinski definition) is 2. The van der Waals surface area contributed by atoms with Gasteiger partial charge in [0.2, 0.25) is 0 Å². The summed E-state index contributed by atoms with van der Waals surface area (Å²) in [6.45, 7) is 5.36. The van der Waals surface area contributed by atoms with Crippen LogP contribution in [0.25, 0.3) is 17.0 Å². The summed E-state index contributed by atoms with van der Waals surface area (Å²) in [5, 5.41) is 22.1. The van der Waals surface area contributed by atoms with Crippen molar-refractivity contribution < 1.29 is 19.7 Å². The van der Waals surface area contributed by atoms with Crippen LogP contribution in [0.15, 0.2) is 60.7 Å². The third kappa shape index (κ3) is 6.50. The second-order valence-electron chi connectivity index (χ2n) is 10.6. The maximum absolute atomic E-state index is 12.0. The standard InChI is InChI=1S/C30H36N2O4/c1-30(2,3)36-27(35)19-23(34)18-22(33)16-17-25-28(20-14-15-20)31-26-13-9-8-12-24(26)29(25)32(4)21-10-6-5-7-11-21/h5-13,16-17,20,22-23,33-34H,14-15,18-19H2,1-4H3/b17-16+/t22-,23-/m1/s1. The number of hydrogen-bond acceptors (Lipinski definition) is 6. The molecule has 2 aromatic carbocycles. The van der Waals surface area contributed by atoms with Crippen molar-refractivity contribution in [2.45, 2.75) is 70.2 Å². The van der Waals surface area contributed by atoms with E-state index in [0.29, 0.717) is 5.92 Å². The highest BCUT2D eigenvalue weighted by molar-refractivity contribution is 5.99. The predicted octanol–water partition coefficient (Wildman–Crippen LogP) is 5.74. The SMILES string of the molecule is CN(c1ccccc1)c1c(/C=C/[C@@H](O)C[C@@H](O)CC(=O)OC(C)(C)C)c(C2CC2)nc2ccccc12. The lowest BCUT2D eigenvalue weighted by atomic mass is 9.99. The Bertz CT molecular complexity index is 1230. The summed E-state index contributed by atoms with van der Waals surface area (Å²) in [5.74, 6) is -0.0835. The maximum Gasteiger partial charge on any atom is 0.308 e. The Labute approximate surface area is 213 Å². The Morgan fingerprint density at radius 2 is 1.78 bits per heavy atom. The second-order valence-corrected chi connectivity index (χ2v) is 10.6. The molecule has 1 aromatic heterocycles. The third-order valence-corrected chi connectivity index (χ3v) is 6.20. The highest BCUT2D eigenvalue weighted by Gasteiger charge is 2.30. The normalized spacial score (nSPS) is 15.7. The van der Waals surface area contributed by atoms with Gasteiger partial charge in [-0.3, -0.25) is 9.78 Å². The molecule has 1 saturated carbocycles. The topological polar surface area (TPSA) is 82.9 Å². The molecular formula is C30H36N2O4. The quantitative estimate of drug-likeness (QED) is 0.374. The number of anilines is 2. The molecular weight excluding hydrogens is 452 g/mol. The first-order valence-electron chi connectivity index (χ1n) is 12.6. The zero-order chi connectivity index (χ0) is 25.9. The molecule has 2 N–H and O–H groups in total. The van der Waals surface area contributed by atoms with Gasteiger partial charge < -0.3 is 19.8 Å². The number of aromatic nitrogens is 1. The minimum atomic E-state index is -0.997. The summed E-state index contributed by atoms with van der Waals surface area (Å²) in [6.07, 6.45) is 3.77. The van der Waals surface area contributed by atoms with Gasteiger partial charge in [-0.05, 0) is 51.8 Å². The van der Waals surface area contributed by atoms with Gasteiger partial charge in [-0.1, -0.05) is 48.6 Å². The van der Waals surface area contributed by atoms with Crippen LogP contribution in [0.3, 0.4) is 0 Å². The lowest BCUT2D eigenvalue weighted by molar-refractivity contribution is -0.157. The minimum absolute atomic E-state index is 0.0410. The van der Waals surface area contributed by atoms with Crippen molar-refractivity contribution in [1.29, 1.82) is 0 Å². The Morgan fingerprint density at radius 1 is 1.11 bits per heavy atom. The lowest BCUT2D eigenvalue weighted by Gasteiger charge is -2.25. The predicted molar refractivity (Wildman–Crippen MR) is 144 cm³/mol. The van der Waals surface area contributed by atoms with Gasteiger partial charge in [0.05, 0.1) is 35.5 Å². The van der Waals surface area contributed by atoms with Gasteiger partial charge in [-0.15, -0.1) is 0 Å². The van der Waals surface area contributed by atoms with Crippen molar-refractivity contribution >= 4 is 34.3 Å². The average Bonchev–Trinajstić information content (AvgIpc) is 3.66. The molecule has 3 aromatic rings. The average molecular weight is 489 g/mol. The minimum Gasteiger partial charge on any atom is -0.460 e. The van der Waals surface area contributed by atoms with Crippen LogP contribution in [0, 0.1) is 0 Å². The van der Waals surface area contributed by atoms with Crippen LogP contribution in [0.5, 0.6) is 0 Å². The van der Waals surface area contributed by atoms with Crippen molar-refractivity contribution in [1.82, 2.24) is 4.98 Å². The Hall–Kier alpha value is -3.22. The van der Waals surface area contributed by atoms with Crippen molar-refractivity contribution in [3.63, 3.8) is 0 Å². The number of nitrogens with zero attached hydrogens (tertiary/aromatic N) is 2.